The molecule has 5 heteroatoms. The molecule has 0 fully saturated rings. The zero-order chi connectivity index (χ0) is 13.0. The summed E-state index contributed by atoms with van der Waals surface area (Å²) in [4.78, 5) is 19.6. The molecule has 0 unspecified atom stereocenters. The number of benzene rings is 1. The number of aromatic nitrogens is 2. The summed E-state index contributed by atoms with van der Waals surface area (Å²) >= 11 is 3.35. The van der Waals surface area contributed by atoms with Gasteiger partial charge in [-0.2, -0.15) is 0 Å². The standard InChI is InChI=1S/C13H11BrN2O2/c1-9(17)11-4-3-10(14)7-12(11)18-8-13-15-5-2-6-16-13/h2-7H,8H2,1H3. The van der Waals surface area contributed by atoms with E-state index in [1.165, 1.54) is 6.92 Å². The first-order valence-corrected chi connectivity index (χ1v) is 6.15. The molecule has 1 aromatic heterocycles. The van der Waals surface area contributed by atoms with Crippen LogP contribution in [0.25, 0.3) is 0 Å². The lowest BCUT2D eigenvalue weighted by Crippen LogP contribution is -2.04. The Labute approximate surface area is 113 Å². The molecule has 4 nitrogen and oxygen atoms in total. The molecule has 0 aliphatic rings. The SMILES string of the molecule is CC(=O)c1ccc(Br)cc1OCc1ncccn1. The van der Waals surface area contributed by atoms with Crippen molar-refractivity contribution in [2.45, 2.75) is 13.5 Å². The number of Topliss-reactive ketones (excluding diaryl/α,β-unsaturated/α-hetero) is 1. The third-order valence-electron chi connectivity index (χ3n) is 2.30. The minimum atomic E-state index is -0.0357. The normalized spacial score (nSPS) is 10.1. The predicted octanol–water partition coefficient (Wildman–Crippen LogP) is 3.02. The summed E-state index contributed by atoms with van der Waals surface area (Å²) in [6, 6.07) is 7.04. The van der Waals surface area contributed by atoms with Crippen LogP contribution in [0.5, 0.6) is 5.75 Å². The zero-order valence-electron chi connectivity index (χ0n) is 9.76. The van der Waals surface area contributed by atoms with Gasteiger partial charge in [0.05, 0.1) is 5.56 Å². The van der Waals surface area contributed by atoms with Gasteiger partial charge in [-0.1, -0.05) is 15.9 Å². The van der Waals surface area contributed by atoms with Gasteiger partial charge >= 0.3 is 0 Å². The van der Waals surface area contributed by atoms with E-state index in [0.29, 0.717) is 17.1 Å². The van der Waals surface area contributed by atoms with Crippen LogP contribution in [0.3, 0.4) is 0 Å². The summed E-state index contributed by atoms with van der Waals surface area (Å²) in [5, 5.41) is 0. The summed E-state index contributed by atoms with van der Waals surface area (Å²) in [5.41, 5.74) is 0.550. The van der Waals surface area contributed by atoms with Crippen molar-refractivity contribution < 1.29 is 9.53 Å². The number of hydrogen-bond donors (Lipinski definition) is 0. The Bertz CT molecular complexity index is 558. The largest absolute Gasteiger partial charge is 0.485 e. The lowest BCUT2D eigenvalue weighted by atomic mass is 10.1. The third-order valence-corrected chi connectivity index (χ3v) is 2.79. The van der Waals surface area contributed by atoms with Crippen LogP contribution < -0.4 is 4.74 Å². The molecule has 0 saturated heterocycles. The Hall–Kier alpha value is -1.75. The van der Waals surface area contributed by atoms with E-state index < -0.39 is 0 Å². The molecule has 0 atom stereocenters. The molecule has 2 rings (SSSR count). The van der Waals surface area contributed by atoms with E-state index in [1.54, 1.807) is 30.6 Å². The minimum absolute atomic E-state index is 0.0357. The van der Waals surface area contributed by atoms with Crippen LogP contribution in [-0.2, 0) is 6.61 Å². The average molecular weight is 307 g/mol. The van der Waals surface area contributed by atoms with Gasteiger partial charge in [0.1, 0.15) is 12.4 Å². The second kappa shape index (κ2) is 5.73. The van der Waals surface area contributed by atoms with Crippen molar-refractivity contribution in [3.63, 3.8) is 0 Å². The minimum Gasteiger partial charge on any atom is -0.485 e. The van der Waals surface area contributed by atoms with Crippen molar-refractivity contribution in [1.82, 2.24) is 9.97 Å². The molecule has 0 saturated carbocycles. The Morgan fingerprint density at radius 3 is 2.72 bits per heavy atom. The lowest BCUT2D eigenvalue weighted by Gasteiger charge is -2.09. The molecule has 0 amide bonds. The Morgan fingerprint density at radius 1 is 1.33 bits per heavy atom. The van der Waals surface area contributed by atoms with Gasteiger partial charge in [-0.3, -0.25) is 4.79 Å². The highest BCUT2D eigenvalue weighted by molar-refractivity contribution is 9.10. The van der Waals surface area contributed by atoms with Crippen LogP contribution in [0, 0.1) is 0 Å². The molecule has 92 valence electrons. The number of hydrogen-bond acceptors (Lipinski definition) is 4. The number of halogens is 1. The van der Waals surface area contributed by atoms with Crippen LogP contribution in [-0.4, -0.2) is 15.8 Å². The van der Waals surface area contributed by atoms with Gasteiger partial charge < -0.3 is 4.74 Å². The number of rotatable bonds is 4. The maximum Gasteiger partial charge on any atom is 0.166 e. The van der Waals surface area contributed by atoms with E-state index in [-0.39, 0.29) is 12.4 Å². The van der Waals surface area contributed by atoms with E-state index in [0.717, 1.165) is 4.47 Å². The first-order valence-electron chi connectivity index (χ1n) is 5.36. The van der Waals surface area contributed by atoms with E-state index in [9.17, 15) is 4.79 Å². The fourth-order valence-corrected chi connectivity index (χ4v) is 1.79. The lowest BCUT2D eigenvalue weighted by molar-refractivity contribution is 0.101. The molecule has 0 bridgehead atoms. The molecule has 0 aliphatic carbocycles. The second-order valence-electron chi connectivity index (χ2n) is 3.65. The van der Waals surface area contributed by atoms with Crippen LogP contribution in [0.2, 0.25) is 0 Å². The summed E-state index contributed by atoms with van der Waals surface area (Å²) in [6.45, 7) is 1.74. The zero-order valence-corrected chi connectivity index (χ0v) is 11.3. The Kier molecular flexibility index (Phi) is 4.04. The maximum atomic E-state index is 11.5. The molecule has 2 aromatic rings. The van der Waals surface area contributed by atoms with Gasteiger partial charge in [-0.05, 0) is 31.2 Å². The van der Waals surface area contributed by atoms with E-state index in [1.807, 2.05) is 6.07 Å². The first-order chi connectivity index (χ1) is 8.66. The highest BCUT2D eigenvalue weighted by atomic mass is 79.9. The quantitative estimate of drug-likeness (QED) is 0.815. The van der Waals surface area contributed by atoms with Crippen molar-refractivity contribution in [3.8, 4) is 5.75 Å². The number of nitrogens with zero attached hydrogens (tertiary/aromatic N) is 2. The van der Waals surface area contributed by atoms with Crippen LogP contribution >= 0.6 is 15.9 Å². The third kappa shape index (κ3) is 3.13. The number of carbonyl (C=O) groups excluding carboxylic acids is 1. The number of carbonyl (C=O) groups is 1. The molecular weight excluding hydrogens is 296 g/mol. The topological polar surface area (TPSA) is 52.1 Å². The van der Waals surface area contributed by atoms with Crippen molar-refractivity contribution in [3.05, 3.63) is 52.5 Å². The van der Waals surface area contributed by atoms with Gasteiger partial charge in [0.15, 0.2) is 11.6 Å². The maximum absolute atomic E-state index is 11.5. The molecular formula is C13H11BrN2O2. The molecule has 0 N–H and O–H groups in total. The Balaban J connectivity index is 2.18. The average Bonchev–Trinajstić information content (AvgIpc) is 2.37. The van der Waals surface area contributed by atoms with Crippen molar-refractivity contribution in [1.29, 1.82) is 0 Å². The van der Waals surface area contributed by atoms with E-state index >= 15 is 0 Å². The van der Waals surface area contributed by atoms with Crippen molar-refractivity contribution in [2.24, 2.45) is 0 Å². The highest BCUT2D eigenvalue weighted by Gasteiger charge is 2.09. The summed E-state index contributed by atoms with van der Waals surface area (Å²) in [7, 11) is 0. The van der Waals surface area contributed by atoms with Crippen LogP contribution in [0.1, 0.15) is 23.1 Å². The number of ether oxygens (including phenoxy) is 1. The van der Waals surface area contributed by atoms with Gasteiger partial charge in [0.2, 0.25) is 0 Å². The van der Waals surface area contributed by atoms with Crippen molar-refractivity contribution in [2.75, 3.05) is 0 Å². The van der Waals surface area contributed by atoms with E-state index in [2.05, 4.69) is 25.9 Å². The summed E-state index contributed by atoms with van der Waals surface area (Å²) in [6.07, 6.45) is 3.30. The Morgan fingerprint density at radius 2 is 2.06 bits per heavy atom. The first kappa shape index (κ1) is 12.7. The molecule has 1 aromatic carbocycles. The molecule has 0 radical (unpaired) electrons. The monoisotopic (exact) mass is 306 g/mol. The molecule has 0 spiro atoms. The van der Waals surface area contributed by atoms with Gasteiger partial charge in [0, 0.05) is 16.9 Å². The van der Waals surface area contributed by atoms with E-state index in [4.69, 9.17) is 4.74 Å². The smallest absolute Gasteiger partial charge is 0.166 e. The highest BCUT2D eigenvalue weighted by Crippen LogP contribution is 2.24. The fourth-order valence-electron chi connectivity index (χ4n) is 1.45. The van der Waals surface area contributed by atoms with Gasteiger partial charge in [0.25, 0.3) is 0 Å². The fraction of sp³-hybridized carbons (Fsp3) is 0.154. The number of ketones is 1. The van der Waals surface area contributed by atoms with Gasteiger partial charge in [-0.25, -0.2) is 9.97 Å². The van der Waals surface area contributed by atoms with Crippen molar-refractivity contribution >= 4 is 21.7 Å². The van der Waals surface area contributed by atoms with Crippen LogP contribution in [0.4, 0.5) is 0 Å². The van der Waals surface area contributed by atoms with Crippen LogP contribution in [0.15, 0.2) is 41.1 Å². The molecule has 0 aliphatic heterocycles. The summed E-state index contributed by atoms with van der Waals surface area (Å²) in [5.74, 6) is 1.07. The van der Waals surface area contributed by atoms with Gasteiger partial charge in [-0.15, -0.1) is 0 Å². The molecule has 18 heavy (non-hydrogen) atoms. The summed E-state index contributed by atoms with van der Waals surface area (Å²) < 4.78 is 6.45. The molecule has 1 heterocycles. The second-order valence-corrected chi connectivity index (χ2v) is 4.57. The predicted molar refractivity (Wildman–Crippen MR) is 70.5 cm³/mol.